The van der Waals surface area contributed by atoms with E-state index in [1.165, 1.54) is 4.90 Å². The molecule has 3 N–H and O–H groups in total. The van der Waals surface area contributed by atoms with Gasteiger partial charge in [-0.25, -0.2) is 4.98 Å². The number of halogens is 3. The highest BCUT2D eigenvalue weighted by atomic mass is 19.4. The number of nitrogens with two attached hydrogens (primary N) is 1. The average Bonchev–Trinajstić information content (AvgIpc) is 2.52. The van der Waals surface area contributed by atoms with E-state index in [1.807, 2.05) is 0 Å². The largest absolute Gasteiger partial charge is 0.416 e. The zero-order chi connectivity index (χ0) is 14.0. The van der Waals surface area contributed by atoms with Crippen LogP contribution in [0.4, 0.5) is 24.8 Å². The number of nitrogens with zero attached hydrogens (tertiary/aromatic N) is 2. The fourth-order valence-electron chi connectivity index (χ4n) is 1.86. The first-order valence-corrected chi connectivity index (χ1v) is 5.72. The summed E-state index contributed by atoms with van der Waals surface area (Å²) >= 11 is 0. The smallest absolute Gasteiger partial charge is 0.384 e. The third kappa shape index (κ3) is 3.27. The Kier molecular flexibility index (Phi) is 3.50. The lowest BCUT2D eigenvalue weighted by molar-refractivity contribution is -0.137. The van der Waals surface area contributed by atoms with Crippen LogP contribution >= 0.6 is 0 Å². The molecule has 0 unspecified atom stereocenters. The first-order chi connectivity index (χ1) is 8.86. The Hall–Kier alpha value is -1.99. The molecule has 1 aromatic heterocycles. The van der Waals surface area contributed by atoms with Crippen molar-refractivity contribution in [2.75, 3.05) is 30.3 Å². The topological polar surface area (TPSA) is 71.2 Å². The van der Waals surface area contributed by atoms with Crippen LogP contribution in [-0.2, 0) is 11.0 Å². The predicted molar refractivity (Wildman–Crippen MR) is 63.5 cm³/mol. The van der Waals surface area contributed by atoms with E-state index in [0.717, 1.165) is 12.1 Å². The van der Waals surface area contributed by atoms with E-state index in [4.69, 9.17) is 5.73 Å². The Morgan fingerprint density at radius 3 is 2.79 bits per heavy atom. The molecule has 2 rings (SSSR count). The maximum absolute atomic E-state index is 12.7. The summed E-state index contributed by atoms with van der Waals surface area (Å²) in [6.45, 7) is 0.935. The molecule has 0 atom stereocenters. The molecule has 0 saturated carbocycles. The summed E-state index contributed by atoms with van der Waals surface area (Å²) < 4.78 is 38.1. The highest BCUT2D eigenvalue weighted by Crippen LogP contribution is 2.32. The number of amides is 1. The molecular weight excluding hydrogens is 261 g/mol. The molecule has 8 heteroatoms. The van der Waals surface area contributed by atoms with Crippen molar-refractivity contribution in [2.24, 2.45) is 0 Å². The van der Waals surface area contributed by atoms with Crippen molar-refractivity contribution in [1.29, 1.82) is 0 Å². The molecule has 1 fully saturated rings. The lowest BCUT2D eigenvalue weighted by Gasteiger charge is -2.21. The van der Waals surface area contributed by atoms with Crippen LogP contribution in [0.25, 0.3) is 0 Å². The molecule has 5 nitrogen and oxygen atoms in total. The minimum atomic E-state index is -4.49. The van der Waals surface area contributed by atoms with Gasteiger partial charge >= 0.3 is 6.18 Å². The monoisotopic (exact) mass is 274 g/mol. The van der Waals surface area contributed by atoms with Gasteiger partial charge in [-0.1, -0.05) is 0 Å². The number of hydrogen-bond acceptors (Lipinski definition) is 4. The van der Waals surface area contributed by atoms with Gasteiger partial charge in [-0.2, -0.15) is 13.2 Å². The summed E-state index contributed by atoms with van der Waals surface area (Å²) in [7, 11) is 0. The second-order valence-electron chi connectivity index (χ2n) is 4.26. The van der Waals surface area contributed by atoms with Gasteiger partial charge in [-0.05, 0) is 18.6 Å². The van der Waals surface area contributed by atoms with Crippen molar-refractivity contribution in [3.8, 4) is 0 Å². The van der Waals surface area contributed by atoms with Gasteiger partial charge in [0.15, 0.2) is 0 Å². The van der Waals surface area contributed by atoms with Crippen molar-refractivity contribution in [3.63, 3.8) is 0 Å². The Morgan fingerprint density at radius 1 is 1.37 bits per heavy atom. The first-order valence-electron chi connectivity index (χ1n) is 5.72. The number of pyridine rings is 1. The molecule has 0 spiro atoms. The summed E-state index contributed by atoms with van der Waals surface area (Å²) in [5, 5.41) is 2.64. The number of nitrogen functional groups attached to an aromatic ring is 1. The van der Waals surface area contributed by atoms with Crippen LogP contribution in [0.15, 0.2) is 12.1 Å². The quantitative estimate of drug-likeness (QED) is 0.801. The van der Waals surface area contributed by atoms with E-state index in [1.54, 1.807) is 0 Å². The van der Waals surface area contributed by atoms with Crippen LogP contribution in [0, 0.1) is 0 Å². The molecule has 1 saturated heterocycles. The van der Waals surface area contributed by atoms with Gasteiger partial charge in [0.1, 0.15) is 11.6 Å². The number of rotatable bonds is 1. The Bertz CT molecular complexity index is 489. The van der Waals surface area contributed by atoms with E-state index in [0.29, 0.717) is 19.5 Å². The van der Waals surface area contributed by atoms with Gasteiger partial charge < -0.3 is 16.0 Å². The Morgan fingerprint density at radius 2 is 2.11 bits per heavy atom. The second kappa shape index (κ2) is 4.94. The summed E-state index contributed by atoms with van der Waals surface area (Å²) in [6, 6.07) is 1.69. The van der Waals surface area contributed by atoms with Crippen LogP contribution in [0.2, 0.25) is 0 Å². The van der Waals surface area contributed by atoms with Crippen LogP contribution in [0.1, 0.15) is 12.0 Å². The van der Waals surface area contributed by atoms with E-state index >= 15 is 0 Å². The van der Waals surface area contributed by atoms with Gasteiger partial charge in [-0.3, -0.25) is 4.79 Å². The third-order valence-corrected chi connectivity index (χ3v) is 2.74. The molecule has 0 aliphatic carbocycles. The molecular formula is C11H13F3N4O. The molecule has 0 aromatic carbocycles. The third-order valence-electron chi connectivity index (χ3n) is 2.74. The fraction of sp³-hybridized carbons (Fsp3) is 0.455. The van der Waals surface area contributed by atoms with Gasteiger partial charge in [0.05, 0.1) is 12.1 Å². The lowest BCUT2D eigenvalue weighted by Crippen LogP contribution is -2.33. The molecule has 0 bridgehead atoms. The molecule has 2 heterocycles. The number of anilines is 2. The summed E-state index contributed by atoms with van der Waals surface area (Å²) in [5.41, 5.74) is 4.54. The number of hydrogen-bond donors (Lipinski definition) is 2. The second-order valence-corrected chi connectivity index (χ2v) is 4.26. The van der Waals surface area contributed by atoms with Gasteiger partial charge in [0.25, 0.3) is 0 Å². The maximum Gasteiger partial charge on any atom is 0.416 e. The molecule has 1 aliphatic heterocycles. The lowest BCUT2D eigenvalue weighted by atomic mass is 10.2. The van der Waals surface area contributed by atoms with Crippen LogP contribution < -0.4 is 16.0 Å². The van der Waals surface area contributed by atoms with Gasteiger partial charge in [0.2, 0.25) is 5.91 Å². The summed E-state index contributed by atoms with van der Waals surface area (Å²) in [4.78, 5) is 16.8. The number of nitrogens with one attached hydrogen (secondary N) is 1. The number of carbonyl (C=O) groups excluding carboxylic acids is 1. The molecule has 0 radical (unpaired) electrons. The van der Waals surface area contributed by atoms with E-state index in [-0.39, 0.29) is 24.1 Å². The van der Waals surface area contributed by atoms with E-state index < -0.39 is 11.7 Å². The van der Waals surface area contributed by atoms with Gasteiger partial charge in [-0.15, -0.1) is 0 Å². The van der Waals surface area contributed by atoms with E-state index in [9.17, 15) is 18.0 Å². The predicted octanol–water partition coefficient (Wildman–Crippen LogP) is 1.01. The number of carbonyl (C=O) groups is 1. The summed E-state index contributed by atoms with van der Waals surface area (Å²) in [6.07, 6.45) is -3.84. The highest BCUT2D eigenvalue weighted by molar-refractivity contribution is 5.81. The standard InChI is InChI=1S/C11H13F3N4O/c12-11(13,14)7-4-8(15)17-9(5-7)18-3-1-2-16-10(19)6-18/h4-5H,1-3,6H2,(H2,15,17)(H,16,19). The fourth-order valence-corrected chi connectivity index (χ4v) is 1.86. The minimum absolute atomic E-state index is 0.0201. The highest BCUT2D eigenvalue weighted by Gasteiger charge is 2.32. The minimum Gasteiger partial charge on any atom is -0.384 e. The van der Waals surface area contributed by atoms with Crippen LogP contribution in [0.3, 0.4) is 0 Å². The summed E-state index contributed by atoms with van der Waals surface area (Å²) in [5.74, 6) is -0.380. The normalized spacial score (nSPS) is 17.0. The van der Waals surface area contributed by atoms with Gasteiger partial charge in [0, 0.05) is 13.1 Å². The van der Waals surface area contributed by atoms with Crippen LogP contribution in [0.5, 0.6) is 0 Å². The molecule has 1 aromatic rings. The first kappa shape index (κ1) is 13.4. The number of aromatic nitrogens is 1. The molecule has 19 heavy (non-hydrogen) atoms. The number of alkyl halides is 3. The average molecular weight is 274 g/mol. The van der Waals surface area contributed by atoms with Crippen molar-refractivity contribution in [2.45, 2.75) is 12.6 Å². The van der Waals surface area contributed by atoms with Crippen LogP contribution in [-0.4, -0.2) is 30.5 Å². The zero-order valence-corrected chi connectivity index (χ0v) is 10.00. The van der Waals surface area contributed by atoms with Crippen molar-refractivity contribution in [3.05, 3.63) is 17.7 Å². The molecule has 104 valence electrons. The Labute approximate surface area is 107 Å². The van der Waals surface area contributed by atoms with Crippen molar-refractivity contribution in [1.82, 2.24) is 10.3 Å². The van der Waals surface area contributed by atoms with Crippen molar-refractivity contribution < 1.29 is 18.0 Å². The maximum atomic E-state index is 12.7. The molecule has 1 aliphatic rings. The Balaban J connectivity index is 2.33. The SMILES string of the molecule is Nc1cc(C(F)(F)F)cc(N2CCCNC(=O)C2)n1. The van der Waals surface area contributed by atoms with Crippen molar-refractivity contribution >= 4 is 17.5 Å². The van der Waals surface area contributed by atoms with E-state index in [2.05, 4.69) is 10.3 Å². The molecule has 1 amide bonds. The zero-order valence-electron chi connectivity index (χ0n) is 10.00.